The van der Waals surface area contributed by atoms with Crippen molar-refractivity contribution in [3.63, 3.8) is 0 Å². The van der Waals surface area contributed by atoms with E-state index in [0.29, 0.717) is 24.3 Å². The molecule has 0 saturated carbocycles. The standard InChI is InChI=1S/C13H16O5/c1-2-18-8-11-4-9(6-12(14)15)3-10(5-11)7-13(16)17/h3-5H,2,6-8H2,1H3,(H,14,15)(H,16,17). The number of benzene rings is 1. The zero-order valence-electron chi connectivity index (χ0n) is 10.2. The second-order valence-electron chi connectivity index (χ2n) is 3.94. The van der Waals surface area contributed by atoms with Gasteiger partial charge in [0.2, 0.25) is 0 Å². The summed E-state index contributed by atoms with van der Waals surface area (Å²) in [7, 11) is 0. The van der Waals surface area contributed by atoms with Crippen molar-refractivity contribution in [2.45, 2.75) is 26.4 Å². The van der Waals surface area contributed by atoms with Gasteiger partial charge in [-0.15, -0.1) is 0 Å². The fourth-order valence-electron chi connectivity index (χ4n) is 1.70. The van der Waals surface area contributed by atoms with Crippen LogP contribution >= 0.6 is 0 Å². The molecule has 18 heavy (non-hydrogen) atoms. The van der Waals surface area contributed by atoms with E-state index in [9.17, 15) is 9.59 Å². The third-order valence-corrected chi connectivity index (χ3v) is 2.30. The summed E-state index contributed by atoms with van der Waals surface area (Å²) in [4.78, 5) is 21.4. The molecule has 0 aliphatic heterocycles. The lowest BCUT2D eigenvalue weighted by Crippen LogP contribution is -2.05. The molecule has 0 heterocycles. The maximum atomic E-state index is 10.7. The van der Waals surface area contributed by atoms with Gasteiger partial charge in [-0.1, -0.05) is 18.2 Å². The molecule has 0 fully saturated rings. The summed E-state index contributed by atoms with van der Waals surface area (Å²) in [5, 5.41) is 17.5. The first-order valence-electron chi connectivity index (χ1n) is 5.64. The summed E-state index contributed by atoms with van der Waals surface area (Å²) < 4.78 is 5.24. The van der Waals surface area contributed by atoms with E-state index >= 15 is 0 Å². The monoisotopic (exact) mass is 252 g/mol. The zero-order chi connectivity index (χ0) is 13.5. The van der Waals surface area contributed by atoms with Crippen molar-refractivity contribution in [2.75, 3.05) is 6.61 Å². The Hall–Kier alpha value is -1.88. The molecule has 0 radical (unpaired) electrons. The number of carboxylic acid groups (broad SMARTS) is 2. The number of carbonyl (C=O) groups is 2. The van der Waals surface area contributed by atoms with E-state index in [4.69, 9.17) is 14.9 Å². The van der Waals surface area contributed by atoms with E-state index in [-0.39, 0.29) is 12.8 Å². The van der Waals surface area contributed by atoms with Crippen molar-refractivity contribution in [1.82, 2.24) is 0 Å². The lowest BCUT2D eigenvalue weighted by Gasteiger charge is -2.08. The van der Waals surface area contributed by atoms with Gasteiger partial charge in [0.05, 0.1) is 19.4 Å². The van der Waals surface area contributed by atoms with E-state index in [1.165, 1.54) is 0 Å². The van der Waals surface area contributed by atoms with Crippen LogP contribution in [0, 0.1) is 0 Å². The second kappa shape index (κ2) is 6.76. The van der Waals surface area contributed by atoms with Crippen molar-refractivity contribution in [3.05, 3.63) is 34.9 Å². The Morgan fingerprint density at radius 3 is 1.83 bits per heavy atom. The van der Waals surface area contributed by atoms with Gasteiger partial charge < -0.3 is 14.9 Å². The van der Waals surface area contributed by atoms with Crippen LogP contribution in [0.3, 0.4) is 0 Å². The number of hydrogen-bond acceptors (Lipinski definition) is 3. The maximum absolute atomic E-state index is 10.7. The predicted molar refractivity (Wildman–Crippen MR) is 64.5 cm³/mol. The summed E-state index contributed by atoms with van der Waals surface area (Å²) in [6.45, 7) is 2.77. The highest BCUT2D eigenvalue weighted by Gasteiger charge is 2.07. The zero-order valence-corrected chi connectivity index (χ0v) is 10.2. The van der Waals surface area contributed by atoms with Gasteiger partial charge in [-0.05, 0) is 23.6 Å². The first kappa shape index (κ1) is 14.2. The fraction of sp³-hybridized carbons (Fsp3) is 0.385. The summed E-state index contributed by atoms with van der Waals surface area (Å²) >= 11 is 0. The molecule has 0 saturated heterocycles. The highest BCUT2D eigenvalue weighted by Crippen LogP contribution is 2.13. The number of carboxylic acids is 2. The van der Waals surface area contributed by atoms with E-state index in [0.717, 1.165) is 5.56 Å². The molecule has 1 aromatic rings. The minimum absolute atomic E-state index is 0.118. The molecule has 0 spiro atoms. The molecule has 0 amide bonds. The first-order valence-corrected chi connectivity index (χ1v) is 5.64. The molecule has 1 aromatic carbocycles. The Balaban J connectivity index is 2.95. The van der Waals surface area contributed by atoms with Crippen molar-refractivity contribution in [2.24, 2.45) is 0 Å². The second-order valence-corrected chi connectivity index (χ2v) is 3.94. The average molecular weight is 252 g/mol. The van der Waals surface area contributed by atoms with Gasteiger partial charge >= 0.3 is 11.9 Å². The highest BCUT2D eigenvalue weighted by atomic mass is 16.5. The molecule has 0 aliphatic rings. The molecule has 0 atom stereocenters. The average Bonchev–Trinajstić information content (AvgIpc) is 2.24. The van der Waals surface area contributed by atoms with E-state index in [2.05, 4.69) is 0 Å². The van der Waals surface area contributed by atoms with Gasteiger partial charge in [-0.25, -0.2) is 0 Å². The summed E-state index contributed by atoms with van der Waals surface area (Å²) in [6.07, 6.45) is -0.237. The molecule has 0 aromatic heterocycles. The predicted octanol–water partition coefficient (Wildman–Crippen LogP) is 1.48. The van der Waals surface area contributed by atoms with Crippen molar-refractivity contribution < 1.29 is 24.5 Å². The van der Waals surface area contributed by atoms with Crippen LogP contribution in [0.25, 0.3) is 0 Å². The Morgan fingerprint density at radius 1 is 1.00 bits per heavy atom. The molecular formula is C13H16O5. The number of hydrogen-bond donors (Lipinski definition) is 2. The van der Waals surface area contributed by atoms with E-state index in [1.807, 2.05) is 6.92 Å². The van der Waals surface area contributed by atoms with Crippen LogP contribution in [0.15, 0.2) is 18.2 Å². The fourth-order valence-corrected chi connectivity index (χ4v) is 1.70. The van der Waals surface area contributed by atoms with Gasteiger partial charge in [0.25, 0.3) is 0 Å². The molecule has 0 bridgehead atoms. The summed E-state index contributed by atoms with van der Waals surface area (Å²) in [5.41, 5.74) is 1.98. The molecule has 0 unspecified atom stereocenters. The number of rotatable bonds is 7. The van der Waals surface area contributed by atoms with Crippen LogP contribution in [0.5, 0.6) is 0 Å². The highest BCUT2D eigenvalue weighted by molar-refractivity contribution is 5.72. The quantitative estimate of drug-likeness (QED) is 0.767. The van der Waals surface area contributed by atoms with Crippen molar-refractivity contribution >= 4 is 11.9 Å². The van der Waals surface area contributed by atoms with E-state index in [1.54, 1.807) is 18.2 Å². The lowest BCUT2D eigenvalue weighted by molar-refractivity contribution is -0.137. The van der Waals surface area contributed by atoms with E-state index < -0.39 is 11.9 Å². The van der Waals surface area contributed by atoms with Gasteiger partial charge in [-0.2, -0.15) is 0 Å². The maximum Gasteiger partial charge on any atom is 0.307 e. The molecule has 5 nitrogen and oxygen atoms in total. The molecule has 2 N–H and O–H groups in total. The van der Waals surface area contributed by atoms with Crippen LogP contribution in [0.1, 0.15) is 23.6 Å². The van der Waals surface area contributed by atoms with Crippen LogP contribution in [0.2, 0.25) is 0 Å². The van der Waals surface area contributed by atoms with Crippen molar-refractivity contribution in [1.29, 1.82) is 0 Å². The third kappa shape index (κ3) is 4.97. The minimum atomic E-state index is -0.940. The number of ether oxygens (including phenoxy) is 1. The van der Waals surface area contributed by atoms with Gasteiger partial charge in [0.1, 0.15) is 0 Å². The Morgan fingerprint density at radius 2 is 1.44 bits per heavy atom. The topological polar surface area (TPSA) is 83.8 Å². The smallest absolute Gasteiger partial charge is 0.307 e. The van der Waals surface area contributed by atoms with Crippen molar-refractivity contribution in [3.8, 4) is 0 Å². The molecular weight excluding hydrogens is 236 g/mol. The van der Waals surface area contributed by atoms with Crippen LogP contribution in [-0.2, 0) is 33.8 Å². The van der Waals surface area contributed by atoms with Crippen LogP contribution in [0.4, 0.5) is 0 Å². The van der Waals surface area contributed by atoms with Crippen LogP contribution < -0.4 is 0 Å². The molecule has 98 valence electrons. The summed E-state index contributed by atoms with van der Waals surface area (Å²) in [6, 6.07) is 5.07. The van der Waals surface area contributed by atoms with Gasteiger partial charge in [0.15, 0.2) is 0 Å². The van der Waals surface area contributed by atoms with Crippen LogP contribution in [-0.4, -0.2) is 28.8 Å². The molecule has 1 rings (SSSR count). The largest absolute Gasteiger partial charge is 0.481 e. The first-order chi connectivity index (χ1) is 8.51. The lowest BCUT2D eigenvalue weighted by atomic mass is 10.0. The SMILES string of the molecule is CCOCc1cc(CC(=O)O)cc(CC(=O)O)c1. The Kier molecular flexibility index (Phi) is 5.32. The normalized spacial score (nSPS) is 10.3. The van der Waals surface area contributed by atoms with Gasteiger partial charge in [0, 0.05) is 6.61 Å². The molecule has 5 heteroatoms. The summed E-state index contributed by atoms with van der Waals surface area (Å²) in [5.74, 6) is -1.88. The number of aliphatic carboxylic acids is 2. The van der Waals surface area contributed by atoms with Gasteiger partial charge in [-0.3, -0.25) is 9.59 Å². The molecule has 0 aliphatic carbocycles. The minimum Gasteiger partial charge on any atom is -0.481 e. The Bertz CT molecular complexity index is 405. The third-order valence-electron chi connectivity index (χ3n) is 2.30. The Labute approximate surface area is 105 Å².